The summed E-state index contributed by atoms with van der Waals surface area (Å²) in [7, 11) is 0. The molecular formula is C8H11BrF3NO2. The van der Waals surface area contributed by atoms with E-state index in [1.165, 1.54) is 0 Å². The predicted octanol–water partition coefficient (Wildman–Crippen LogP) is 1.98. The van der Waals surface area contributed by atoms with Gasteiger partial charge in [-0.15, -0.1) is 0 Å². The fraction of sp³-hybridized carbons (Fsp3) is 0.625. The summed E-state index contributed by atoms with van der Waals surface area (Å²) in [5.74, 6) is -0.377. The molecule has 0 aliphatic carbocycles. The minimum absolute atomic E-state index is 0.101. The Morgan fingerprint density at radius 2 is 2.07 bits per heavy atom. The van der Waals surface area contributed by atoms with Crippen LogP contribution in [0.5, 0.6) is 0 Å². The van der Waals surface area contributed by atoms with Crippen molar-refractivity contribution < 1.29 is 22.7 Å². The van der Waals surface area contributed by atoms with E-state index in [4.69, 9.17) is 0 Å². The summed E-state index contributed by atoms with van der Waals surface area (Å²) in [6.07, 6.45) is -4.45. The van der Waals surface area contributed by atoms with Gasteiger partial charge in [-0.05, 0) is 0 Å². The van der Waals surface area contributed by atoms with Gasteiger partial charge >= 0.3 is 6.18 Å². The van der Waals surface area contributed by atoms with Crippen molar-refractivity contribution in [1.29, 1.82) is 0 Å². The number of ether oxygens (including phenoxy) is 1. The number of amides is 1. The molecule has 0 aromatic carbocycles. The van der Waals surface area contributed by atoms with Crippen LogP contribution < -0.4 is 5.32 Å². The topological polar surface area (TPSA) is 38.3 Å². The van der Waals surface area contributed by atoms with Crippen molar-refractivity contribution in [3.05, 3.63) is 11.1 Å². The van der Waals surface area contributed by atoms with E-state index in [0.29, 0.717) is 4.48 Å². The van der Waals surface area contributed by atoms with Crippen LogP contribution in [0.15, 0.2) is 11.1 Å². The van der Waals surface area contributed by atoms with Gasteiger partial charge in [0.2, 0.25) is 5.91 Å². The molecule has 0 atom stereocenters. The summed E-state index contributed by atoms with van der Waals surface area (Å²) in [5.41, 5.74) is 0. The van der Waals surface area contributed by atoms with Gasteiger partial charge in [-0.3, -0.25) is 4.79 Å². The molecule has 15 heavy (non-hydrogen) atoms. The molecule has 0 radical (unpaired) electrons. The Bertz CT molecular complexity index is 230. The average Bonchev–Trinajstić information content (AvgIpc) is 2.07. The van der Waals surface area contributed by atoms with Gasteiger partial charge < -0.3 is 10.1 Å². The maximum Gasteiger partial charge on any atom is 0.411 e. The number of hydrogen-bond donors (Lipinski definition) is 1. The molecule has 0 saturated heterocycles. The quantitative estimate of drug-likeness (QED) is 0.760. The van der Waals surface area contributed by atoms with Gasteiger partial charge in [0, 0.05) is 17.4 Å². The molecule has 0 rings (SSSR count). The van der Waals surface area contributed by atoms with Crippen LogP contribution in [-0.4, -0.2) is 31.8 Å². The summed E-state index contributed by atoms with van der Waals surface area (Å²) < 4.78 is 39.6. The lowest BCUT2D eigenvalue weighted by molar-refractivity contribution is -0.174. The van der Waals surface area contributed by atoms with Gasteiger partial charge in [0.15, 0.2) is 0 Å². The second-order valence-electron chi connectivity index (χ2n) is 2.71. The largest absolute Gasteiger partial charge is 0.411 e. The molecular weight excluding hydrogens is 279 g/mol. The summed E-state index contributed by atoms with van der Waals surface area (Å²) >= 11 is 3.02. The fourth-order valence-corrected chi connectivity index (χ4v) is 0.776. The minimum Gasteiger partial charge on any atom is -0.372 e. The number of nitrogens with one attached hydrogen (secondary N) is 1. The zero-order valence-electron chi connectivity index (χ0n) is 7.86. The first kappa shape index (κ1) is 14.4. The molecule has 0 saturated carbocycles. The van der Waals surface area contributed by atoms with Crippen molar-refractivity contribution in [3.63, 3.8) is 0 Å². The highest BCUT2D eigenvalue weighted by Gasteiger charge is 2.27. The third-order valence-electron chi connectivity index (χ3n) is 1.22. The van der Waals surface area contributed by atoms with Crippen LogP contribution in [0, 0.1) is 0 Å². The predicted molar refractivity (Wildman–Crippen MR) is 52.6 cm³/mol. The molecule has 1 N–H and O–H groups in total. The van der Waals surface area contributed by atoms with E-state index in [0.717, 1.165) is 0 Å². The molecule has 0 aliphatic rings. The summed E-state index contributed by atoms with van der Waals surface area (Å²) in [6.45, 7) is 2.15. The number of carbonyl (C=O) groups excluding carboxylic acids is 1. The molecule has 0 aromatic heterocycles. The molecule has 0 heterocycles. The van der Waals surface area contributed by atoms with E-state index in [1.807, 2.05) is 0 Å². The average molecular weight is 290 g/mol. The van der Waals surface area contributed by atoms with E-state index in [2.05, 4.69) is 32.6 Å². The van der Waals surface area contributed by atoms with Crippen LogP contribution in [0.25, 0.3) is 0 Å². The molecule has 0 aliphatic heterocycles. The smallest absolute Gasteiger partial charge is 0.372 e. The van der Waals surface area contributed by atoms with Gasteiger partial charge in [-0.1, -0.05) is 22.5 Å². The van der Waals surface area contributed by atoms with Crippen LogP contribution in [0.2, 0.25) is 0 Å². The highest BCUT2D eigenvalue weighted by atomic mass is 79.9. The summed E-state index contributed by atoms with van der Waals surface area (Å²) in [6, 6.07) is 0. The molecule has 0 fully saturated rings. The third-order valence-corrected chi connectivity index (χ3v) is 1.50. The molecule has 3 nitrogen and oxygen atoms in total. The number of hydrogen-bond acceptors (Lipinski definition) is 2. The molecule has 7 heteroatoms. The Hall–Kier alpha value is -0.560. The Balaban J connectivity index is 3.44. The van der Waals surface area contributed by atoms with Gasteiger partial charge in [0.1, 0.15) is 6.61 Å². The van der Waals surface area contributed by atoms with Crippen molar-refractivity contribution in [2.24, 2.45) is 0 Å². The molecule has 0 aromatic rings. The highest BCUT2D eigenvalue weighted by Crippen LogP contribution is 2.14. The second-order valence-corrected chi connectivity index (χ2v) is 3.83. The maximum atomic E-state index is 11.6. The monoisotopic (exact) mass is 289 g/mol. The van der Waals surface area contributed by atoms with Crippen molar-refractivity contribution >= 4 is 21.8 Å². The fourth-order valence-electron chi connectivity index (χ4n) is 0.636. The van der Waals surface area contributed by atoms with E-state index in [-0.39, 0.29) is 25.5 Å². The lowest BCUT2D eigenvalue weighted by atomic mass is 10.4. The third kappa shape index (κ3) is 11.4. The summed E-state index contributed by atoms with van der Waals surface area (Å²) in [5, 5.41) is 2.43. The lowest BCUT2D eigenvalue weighted by Gasteiger charge is -2.07. The Kier molecular flexibility index (Phi) is 6.58. The first-order valence-electron chi connectivity index (χ1n) is 4.06. The second kappa shape index (κ2) is 6.84. The molecule has 0 spiro atoms. The molecule has 0 unspecified atom stereocenters. The van der Waals surface area contributed by atoms with Crippen LogP contribution in [0.3, 0.4) is 0 Å². The Morgan fingerprint density at radius 3 is 2.53 bits per heavy atom. The van der Waals surface area contributed by atoms with Crippen LogP contribution in [0.1, 0.15) is 6.42 Å². The minimum atomic E-state index is -4.35. The van der Waals surface area contributed by atoms with Crippen molar-refractivity contribution in [1.82, 2.24) is 5.32 Å². The molecule has 0 bridgehead atoms. The molecule has 1 amide bonds. The lowest BCUT2D eigenvalue weighted by Crippen LogP contribution is -2.26. The van der Waals surface area contributed by atoms with Crippen molar-refractivity contribution in [2.45, 2.75) is 12.6 Å². The zero-order valence-corrected chi connectivity index (χ0v) is 9.45. The number of alkyl halides is 3. The van der Waals surface area contributed by atoms with Crippen molar-refractivity contribution in [3.8, 4) is 0 Å². The van der Waals surface area contributed by atoms with E-state index >= 15 is 0 Å². The first-order chi connectivity index (χ1) is 6.81. The number of carbonyl (C=O) groups is 1. The van der Waals surface area contributed by atoms with Gasteiger partial charge in [0.25, 0.3) is 0 Å². The van der Waals surface area contributed by atoms with Gasteiger partial charge in [-0.2, -0.15) is 13.2 Å². The van der Waals surface area contributed by atoms with Crippen LogP contribution in [-0.2, 0) is 9.53 Å². The van der Waals surface area contributed by atoms with Gasteiger partial charge in [-0.25, -0.2) is 0 Å². The normalized spacial score (nSPS) is 11.2. The Morgan fingerprint density at radius 1 is 1.47 bits per heavy atom. The van der Waals surface area contributed by atoms with Crippen LogP contribution >= 0.6 is 15.9 Å². The van der Waals surface area contributed by atoms with E-state index < -0.39 is 12.8 Å². The highest BCUT2D eigenvalue weighted by molar-refractivity contribution is 9.11. The number of rotatable bonds is 6. The van der Waals surface area contributed by atoms with Crippen LogP contribution in [0.4, 0.5) is 13.2 Å². The standard InChI is InChI=1S/C8H11BrF3NO2/c1-6(9)4-13-7(14)2-3-15-5-8(10,11)12/h1-5H2,(H,13,14). The van der Waals surface area contributed by atoms with Gasteiger partial charge in [0.05, 0.1) is 6.61 Å². The summed E-state index contributed by atoms with van der Waals surface area (Å²) in [4.78, 5) is 10.9. The maximum absolute atomic E-state index is 11.6. The number of halogens is 4. The SMILES string of the molecule is C=C(Br)CNC(=O)CCOCC(F)(F)F. The van der Waals surface area contributed by atoms with E-state index in [1.54, 1.807) is 0 Å². The molecule has 88 valence electrons. The zero-order chi connectivity index (χ0) is 11.9. The van der Waals surface area contributed by atoms with E-state index in [9.17, 15) is 18.0 Å². The van der Waals surface area contributed by atoms with Crippen molar-refractivity contribution in [2.75, 3.05) is 19.8 Å². The first-order valence-corrected chi connectivity index (χ1v) is 4.85. The Labute approximate surface area is 93.8 Å².